The maximum Gasteiger partial charge on any atom is 0.271 e. The van der Waals surface area contributed by atoms with Gasteiger partial charge in [0.2, 0.25) is 0 Å². The van der Waals surface area contributed by atoms with Crippen molar-refractivity contribution in [1.29, 1.82) is 10.5 Å². The van der Waals surface area contributed by atoms with Crippen molar-refractivity contribution in [3.05, 3.63) is 46.2 Å². The molecular weight excluding hydrogens is 274 g/mol. The molecule has 0 aromatic heterocycles. The highest BCUT2D eigenvalue weighted by Crippen LogP contribution is 2.17. The molecule has 0 atom stereocenters. The molecule has 0 unspecified atom stereocenters. The van der Waals surface area contributed by atoms with E-state index in [1.165, 1.54) is 30.5 Å². The minimum absolute atomic E-state index is 0.164. The van der Waals surface area contributed by atoms with E-state index in [-0.39, 0.29) is 23.4 Å². The Morgan fingerprint density at radius 3 is 2.81 bits per heavy atom. The van der Waals surface area contributed by atoms with Crippen LogP contribution >= 0.6 is 0 Å². The van der Waals surface area contributed by atoms with E-state index >= 15 is 0 Å². The number of nitrogens with one attached hydrogen (secondary N) is 2. The van der Waals surface area contributed by atoms with Crippen LogP contribution in [0.5, 0.6) is 0 Å². The highest BCUT2D eigenvalue weighted by atomic mass is 16.6. The van der Waals surface area contributed by atoms with Crippen molar-refractivity contribution in [3.8, 4) is 12.1 Å². The lowest BCUT2D eigenvalue weighted by molar-refractivity contribution is -0.384. The summed E-state index contributed by atoms with van der Waals surface area (Å²) in [4.78, 5) is 21.9. The third-order valence-electron chi connectivity index (χ3n) is 2.31. The number of rotatable bonds is 6. The van der Waals surface area contributed by atoms with E-state index < -0.39 is 10.8 Å². The first kappa shape index (κ1) is 15.7. The molecule has 106 valence electrons. The van der Waals surface area contributed by atoms with Gasteiger partial charge < -0.3 is 10.6 Å². The Morgan fingerprint density at radius 2 is 2.19 bits per heavy atom. The molecule has 0 radical (unpaired) electrons. The summed E-state index contributed by atoms with van der Waals surface area (Å²) in [5.41, 5.74) is -0.144. The molecule has 0 fully saturated rings. The van der Waals surface area contributed by atoms with Crippen LogP contribution < -0.4 is 10.6 Å². The van der Waals surface area contributed by atoms with E-state index in [0.717, 1.165) is 0 Å². The fourth-order valence-electron chi connectivity index (χ4n) is 1.35. The predicted molar refractivity (Wildman–Crippen MR) is 73.7 cm³/mol. The number of amides is 1. The molecule has 1 amide bonds. The van der Waals surface area contributed by atoms with Gasteiger partial charge in [-0.05, 0) is 6.07 Å². The van der Waals surface area contributed by atoms with Crippen molar-refractivity contribution < 1.29 is 9.72 Å². The normalized spacial score (nSPS) is 10.1. The van der Waals surface area contributed by atoms with Gasteiger partial charge in [0, 0.05) is 30.6 Å². The number of nitrogens with zero attached hydrogens (tertiary/aromatic N) is 3. The molecule has 0 aliphatic heterocycles. The molecule has 0 saturated heterocycles. The Hall–Kier alpha value is -3.39. The zero-order valence-electron chi connectivity index (χ0n) is 10.9. The van der Waals surface area contributed by atoms with Crippen LogP contribution in [0.15, 0.2) is 36.0 Å². The molecule has 1 aromatic carbocycles. The molecule has 8 heteroatoms. The van der Waals surface area contributed by atoms with Gasteiger partial charge >= 0.3 is 0 Å². The smallest absolute Gasteiger partial charge is 0.271 e. The fourth-order valence-corrected chi connectivity index (χ4v) is 1.35. The highest BCUT2D eigenvalue weighted by Gasteiger charge is 2.11. The second-order valence-corrected chi connectivity index (χ2v) is 3.79. The van der Waals surface area contributed by atoms with Gasteiger partial charge in [-0.15, -0.1) is 0 Å². The van der Waals surface area contributed by atoms with Crippen molar-refractivity contribution >= 4 is 17.3 Å². The number of non-ortho nitro benzene ring substituents is 1. The third kappa shape index (κ3) is 5.01. The largest absolute Gasteiger partial charge is 0.389 e. The van der Waals surface area contributed by atoms with Gasteiger partial charge in [0.25, 0.3) is 11.6 Å². The van der Waals surface area contributed by atoms with Crippen LogP contribution in [-0.4, -0.2) is 17.4 Å². The molecule has 1 aromatic rings. The Morgan fingerprint density at radius 1 is 1.43 bits per heavy atom. The summed E-state index contributed by atoms with van der Waals surface area (Å²) in [5, 5.41) is 32.9. The first-order chi connectivity index (χ1) is 10.1. The average Bonchev–Trinajstić information content (AvgIpc) is 2.47. The van der Waals surface area contributed by atoms with Crippen LogP contribution in [0.3, 0.4) is 0 Å². The van der Waals surface area contributed by atoms with Crippen molar-refractivity contribution in [1.82, 2.24) is 5.32 Å². The zero-order valence-corrected chi connectivity index (χ0v) is 10.9. The summed E-state index contributed by atoms with van der Waals surface area (Å²) in [7, 11) is 0. The number of hydrogen-bond donors (Lipinski definition) is 2. The van der Waals surface area contributed by atoms with Gasteiger partial charge in [0.15, 0.2) is 0 Å². The number of anilines is 1. The van der Waals surface area contributed by atoms with Crippen LogP contribution in [0.25, 0.3) is 0 Å². The Balaban J connectivity index is 2.75. The Kier molecular flexibility index (Phi) is 5.91. The maximum atomic E-state index is 11.8. The summed E-state index contributed by atoms with van der Waals surface area (Å²) >= 11 is 0. The first-order valence-electron chi connectivity index (χ1n) is 5.85. The van der Waals surface area contributed by atoms with E-state index in [1.807, 2.05) is 6.07 Å². The predicted octanol–water partition coefficient (Wildman–Crippen LogP) is 1.44. The lowest BCUT2D eigenvalue weighted by atomic mass is 10.2. The number of carbonyl (C=O) groups is 1. The molecule has 2 N–H and O–H groups in total. The molecule has 8 nitrogen and oxygen atoms in total. The van der Waals surface area contributed by atoms with Crippen LogP contribution in [0.2, 0.25) is 0 Å². The molecule has 0 spiro atoms. The van der Waals surface area contributed by atoms with Crippen molar-refractivity contribution in [3.63, 3.8) is 0 Å². The minimum Gasteiger partial charge on any atom is -0.389 e. The van der Waals surface area contributed by atoms with E-state index in [9.17, 15) is 14.9 Å². The summed E-state index contributed by atoms with van der Waals surface area (Å²) in [6, 6.07) is 9.00. The summed E-state index contributed by atoms with van der Waals surface area (Å²) in [5.74, 6) is -0.692. The molecule has 1 rings (SSSR count). The van der Waals surface area contributed by atoms with Gasteiger partial charge in [0.1, 0.15) is 11.6 Å². The molecule has 0 saturated carbocycles. The Labute approximate surface area is 120 Å². The second kappa shape index (κ2) is 7.92. The van der Waals surface area contributed by atoms with Gasteiger partial charge in [-0.25, -0.2) is 0 Å². The van der Waals surface area contributed by atoms with Crippen LogP contribution in [0, 0.1) is 32.8 Å². The second-order valence-electron chi connectivity index (χ2n) is 3.79. The molecule has 0 aliphatic rings. The highest BCUT2D eigenvalue weighted by molar-refractivity contribution is 6.06. The fraction of sp³-hybridized carbons (Fsp3) is 0.154. The number of nitro groups is 1. The lowest BCUT2D eigenvalue weighted by Crippen LogP contribution is -2.17. The standard InChI is InChI=1S/C13H11N5O3/c14-5-2-6-16-9-10(8-15)13(19)17-11-3-1-4-12(7-11)18(20)21/h1,3-4,7,9,16H,2,6H2,(H,17,19)/b10-9-. The van der Waals surface area contributed by atoms with E-state index in [0.29, 0.717) is 6.54 Å². The SMILES string of the molecule is N#CCCN/C=C(/C#N)C(=O)Nc1cccc([N+](=O)[O-])c1. The minimum atomic E-state index is -0.692. The summed E-state index contributed by atoms with van der Waals surface area (Å²) in [6.07, 6.45) is 1.44. The third-order valence-corrected chi connectivity index (χ3v) is 2.31. The number of nitro benzene ring substituents is 1. The van der Waals surface area contributed by atoms with Crippen molar-refractivity contribution in [2.24, 2.45) is 0 Å². The van der Waals surface area contributed by atoms with E-state index in [2.05, 4.69) is 10.6 Å². The van der Waals surface area contributed by atoms with Gasteiger partial charge in [0.05, 0.1) is 17.4 Å². The van der Waals surface area contributed by atoms with Gasteiger partial charge in [-0.2, -0.15) is 10.5 Å². The molecule has 0 aliphatic carbocycles. The van der Waals surface area contributed by atoms with Crippen LogP contribution in [0.1, 0.15) is 6.42 Å². The quantitative estimate of drug-likeness (QED) is 0.267. The van der Waals surface area contributed by atoms with E-state index in [1.54, 1.807) is 6.07 Å². The topological polar surface area (TPSA) is 132 Å². The summed E-state index contributed by atoms with van der Waals surface area (Å²) < 4.78 is 0. The number of hydrogen-bond acceptors (Lipinski definition) is 6. The monoisotopic (exact) mass is 285 g/mol. The average molecular weight is 285 g/mol. The van der Waals surface area contributed by atoms with Crippen molar-refractivity contribution in [2.45, 2.75) is 6.42 Å². The lowest BCUT2D eigenvalue weighted by Gasteiger charge is -2.04. The molecule has 21 heavy (non-hydrogen) atoms. The molecule has 0 bridgehead atoms. The van der Waals surface area contributed by atoms with E-state index in [4.69, 9.17) is 10.5 Å². The van der Waals surface area contributed by atoms with Gasteiger partial charge in [-0.1, -0.05) is 6.07 Å². The van der Waals surface area contributed by atoms with Gasteiger partial charge in [-0.3, -0.25) is 14.9 Å². The molecular formula is C13H11N5O3. The molecule has 0 heterocycles. The summed E-state index contributed by atoms with van der Waals surface area (Å²) in [6.45, 7) is 0.311. The number of nitriles is 2. The van der Waals surface area contributed by atoms with Crippen molar-refractivity contribution in [2.75, 3.05) is 11.9 Å². The first-order valence-corrected chi connectivity index (χ1v) is 5.85. The maximum absolute atomic E-state index is 11.8. The number of carbonyl (C=O) groups excluding carboxylic acids is 1. The van der Waals surface area contributed by atoms with Crippen LogP contribution in [0.4, 0.5) is 11.4 Å². The number of benzene rings is 1. The Bertz CT molecular complexity index is 655. The van der Waals surface area contributed by atoms with Crippen LogP contribution in [-0.2, 0) is 4.79 Å². The zero-order chi connectivity index (χ0) is 15.7.